The van der Waals surface area contributed by atoms with Crippen LogP contribution in [0, 0.1) is 17.6 Å². The second-order valence-corrected chi connectivity index (χ2v) is 9.79. The zero-order valence-corrected chi connectivity index (χ0v) is 19.6. The second-order valence-electron chi connectivity index (χ2n) is 7.18. The summed E-state index contributed by atoms with van der Waals surface area (Å²) < 4.78 is 26.3. The highest BCUT2D eigenvalue weighted by molar-refractivity contribution is 6.53. The Morgan fingerprint density at radius 2 is 1.74 bits per heavy atom. The Morgan fingerprint density at radius 3 is 2.39 bits per heavy atom. The largest absolute Gasteiger partial charge is 0.326 e. The maximum absolute atomic E-state index is 14.3. The van der Waals surface area contributed by atoms with Crippen LogP contribution in [0.25, 0.3) is 0 Å². The molecule has 1 fully saturated rings. The van der Waals surface area contributed by atoms with E-state index in [1.165, 1.54) is 18.2 Å². The number of hydrogen-bond acceptors (Lipinski definition) is 2. The minimum atomic E-state index is -1.45. The molecular weight excluding hydrogens is 513 g/mol. The van der Waals surface area contributed by atoms with Crippen LogP contribution >= 0.6 is 58.0 Å². The highest BCUT2D eigenvalue weighted by Gasteiger charge is 2.67. The van der Waals surface area contributed by atoms with E-state index in [1.807, 2.05) is 0 Å². The van der Waals surface area contributed by atoms with Crippen molar-refractivity contribution in [1.29, 1.82) is 0 Å². The van der Waals surface area contributed by atoms with Crippen LogP contribution in [-0.4, -0.2) is 21.9 Å². The van der Waals surface area contributed by atoms with Gasteiger partial charge in [0.2, 0.25) is 5.91 Å². The summed E-state index contributed by atoms with van der Waals surface area (Å²) in [5, 5.41) is 2.09. The van der Waals surface area contributed by atoms with Crippen LogP contribution in [0.15, 0.2) is 30.3 Å². The number of unbranched alkanes of at least 4 members (excludes halogenated alkanes) is 1. The summed E-state index contributed by atoms with van der Waals surface area (Å²) in [5.41, 5.74) is 0.501. The summed E-state index contributed by atoms with van der Waals surface area (Å²) in [6.45, 7) is 0. The summed E-state index contributed by atoms with van der Waals surface area (Å²) in [6.07, 6.45) is 1.31. The van der Waals surface area contributed by atoms with Gasteiger partial charge in [-0.1, -0.05) is 29.3 Å². The third kappa shape index (κ3) is 5.28. The minimum absolute atomic E-state index is 0.0350. The van der Waals surface area contributed by atoms with Crippen molar-refractivity contribution in [3.8, 4) is 0 Å². The molecule has 2 aromatic carbocycles. The standard InChI is InChI=1S/C21H16Cl5F2NO2/c22-6-2-1-3-16(30)12-8-11(9-15(28)19(12)24)29-20(31)18-17(21(18,25)26)10-4-5-14(27)13(23)7-10/h4-5,7-9,17-18H,1-3,6H2,(H,29,31). The van der Waals surface area contributed by atoms with Crippen molar-refractivity contribution < 1.29 is 18.4 Å². The van der Waals surface area contributed by atoms with Gasteiger partial charge in [-0.25, -0.2) is 8.78 Å². The van der Waals surface area contributed by atoms with E-state index in [1.54, 1.807) is 0 Å². The number of benzene rings is 2. The Balaban J connectivity index is 1.78. The molecule has 0 bridgehead atoms. The lowest BCUT2D eigenvalue weighted by Gasteiger charge is -2.10. The van der Waals surface area contributed by atoms with Crippen molar-refractivity contribution in [2.75, 3.05) is 11.2 Å². The van der Waals surface area contributed by atoms with Gasteiger partial charge in [0.1, 0.15) is 16.0 Å². The summed E-state index contributed by atoms with van der Waals surface area (Å²) in [6, 6.07) is 6.27. The Kier molecular flexibility index (Phi) is 7.75. The molecule has 166 valence electrons. The molecule has 1 amide bonds. The van der Waals surface area contributed by atoms with Gasteiger partial charge in [-0.05, 0) is 42.7 Å². The average Bonchev–Trinajstić information content (AvgIpc) is 3.28. The molecule has 2 atom stereocenters. The monoisotopic (exact) mass is 527 g/mol. The number of rotatable bonds is 8. The molecule has 0 radical (unpaired) electrons. The maximum atomic E-state index is 14.3. The molecule has 1 aliphatic carbocycles. The predicted octanol–water partition coefficient (Wildman–Crippen LogP) is 7.39. The van der Waals surface area contributed by atoms with Crippen LogP contribution in [0.4, 0.5) is 14.5 Å². The van der Waals surface area contributed by atoms with Gasteiger partial charge in [-0.3, -0.25) is 9.59 Å². The van der Waals surface area contributed by atoms with Crippen LogP contribution in [-0.2, 0) is 4.79 Å². The van der Waals surface area contributed by atoms with Crippen molar-refractivity contribution >= 4 is 75.4 Å². The lowest BCUT2D eigenvalue weighted by atomic mass is 10.0. The van der Waals surface area contributed by atoms with Crippen molar-refractivity contribution in [2.45, 2.75) is 29.5 Å². The predicted molar refractivity (Wildman–Crippen MR) is 121 cm³/mol. The molecule has 10 heteroatoms. The lowest BCUT2D eigenvalue weighted by molar-refractivity contribution is -0.117. The fourth-order valence-electron chi connectivity index (χ4n) is 3.37. The van der Waals surface area contributed by atoms with E-state index >= 15 is 0 Å². The Bertz CT molecular complexity index is 1030. The highest BCUT2D eigenvalue weighted by Crippen LogP contribution is 2.65. The lowest BCUT2D eigenvalue weighted by Crippen LogP contribution is -2.18. The zero-order chi connectivity index (χ0) is 22.9. The van der Waals surface area contributed by atoms with Gasteiger partial charge < -0.3 is 5.32 Å². The first-order valence-electron chi connectivity index (χ1n) is 9.29. The van der Waals surface area contributed by atoms with E-state index in [9.17, 15) is 18.4 Å². The van der Waals surface area contributed by atoms with E-state index < -0.39 is 33.7 Å². The molecule has 0 spiro atoms. The first-order valence-corrected chi connectivity index (χ1v) is 11.3. The Labute approximate surface area is 202 Å². The number of nitrogens with one attached hydrogen (secondary N) is 1. The smallest absolute Gasteiger partial charge is 0.231 e. The van der Waals surface area contributed by atoms with Crippen molar-refractivity contribution in [1.82, 2.24) is 0 Å². The van der Waals surface area contributed by atoms with E-state index in [0.29, 0.717) is 24.3 Å². The molecular formula is C21H16Cl5F2NO2. The fourth-order valence-corrected chi connectivity index (χ4v) is 4.79. The number of carbonyl (C=O) groups excluding carboxylic acids is 2. The summed E-state index contributed by atoms with van der Waals surface area (Å²) in [7, 11) is 0. The van der Waals surface area contributed by atoms with Gasteiger partial charge in [-0.2, -0.15) is 0 Å². The molecule has 2 aromatic rings. The van der Waals surface area contributed by atoms with Crippen LogP contribution in [0.1, 0.15) is 41.1 Å². The molecule has 0 aliphatic heterocycles. The molecule has 1 aliphatic rings. The third-order valence-electron chi connectivity index (χ3n) is 5.02. The van der Waals surface area contributed by atoms with Crippen molar-refractivity contribution in [2.24, 2.45) is 5.92 Å². The van der Waals surface area contributed by atoms with E-state index in [4.69, 9.17) is 58.0 Å². The number of ketones is 1. The first-order chi connectivity index (χ1) is 14.6. The summed E-state index contributed by atoms with van der Waals surface area (Å²) in [5.74, 6) is -3.52. The number of amides is 1. The average molecular weight is 530 g/mol. The molecule has 1 N–H and O–H groups in total. The van der Waals surface area contributed by atoms with Crippen LogP contribution in [0.3, 0.4) is 0 Å². The number of anilines is 1. The SMILES string of the molecule is O=C(CCCCCl)c1cc(NC(=O)C2C(c3ccc(F)c(Cl)c3)C2(Cl)Cl)cc(F)c1Cl. The number of Topliss-reactive ketones (excluding diaryl/α,β-unsaturated/α-hetero) is 1. The van der Waals surface area contributed by atoms with E-state index in [-0.39, 0.29) is 33.5 Å². The van der Waals surface area contributed by atoms with E-state index in [0.717, 1.165) is 12.1 Å². The normalized spacial score (nSPS) is 19.2. The Hall–Kier alpha value is -1.11. The maximum Gasteiger partial charge on any atom is 0.231 e. The van der Waals surface area contributed by atoms with Gasteiger partial charge in [-0.15, -0.1) is 34.8 Å². The zero-order valence-electron chi connectivity index (χ0n) is 15.8. The highest BCUT2D eigenvalue weighted by atomic mass is 35.5. The van der Waals surface area contributed by atoms with Gasteiger partial charge in [0.05, 0.1) is 16.0 Å². The summed E-state index contributed by atoms with van der Waals surface area (Å²) in [4.78, 5) is 25.2. The fraction of sp³-hybridized carbons (Fsp3) is 0.333. The van der Waals surface area contributed by atoms with Gasteiger partial charge in [0.15, 0.2) is 5.78 Å². The molecule has 3 nitrogen and oxygen atoms in total. The van der Waals surface area contributed by atoms with Crippen molar-refractivity contribution in [3.05, 3.63) is 63.1 Å². The molecule has 2 unspecified atom stereocenters. The Morgan fingerprint density at radius 1 is 1.03 bits per heavy atom. The number of alkyl halides is 3. The topological polar surface area (TPSA) is 46.2 Å². The minimum Gasteiger partial charge on any atom is -0.326 e. The molecule has 31 heavy (non-hydrogen) atoms. The molecule has 3 rings (SSSR count). The number of halogens is 7. The number of carbonyl (C=O) groups is 2. The van der Waals surface area contributed by atoms with Crippen LogP contribution in [0.2, 0.25) is 10.0 Å². The van der Waals surface area contributed by atoms with Crippen LogP contribution < -0.4 is 5.32 Å². The molecule has 0 aromatic heterocycles. The quantitative estimate of drug-likeness (QED) is 0.220. The van der Waals surface area contributed by atoms with E-state index in [2.05, 4.69) is 5.32 Å². The second kappa shape index (κ2) is 9.80. The van der Waals surface area contributed by atoms with Gasteiger partial charge >= 0.3 is 0 Å². The third-order valence-corrected chi connectivity index (χ3v) is 6.90. The molecule has 0 heterocycles. The van der Waals surface area contributed by atoms with Crippen molar-refractivity contribution in [3.63, 3.8) is 0 Å². The van der Waals surface area contributed by atoms with Gasteiger partial charge in [0, 0.05) is 29.5 Å². The molecule has 0 saturated heterocycles. The number of hydrogen-bond donors (Lipinski definition) is 1. The molecule has 1 saturated carbocycles. The van der Waals surface area contributed by atoms with Crippen LogP contribution in [0.5, 0.6) is 0 Å². The summed E-state index contributed by atoms with van der Waals surface area (Å²) >= 11 is 29.9. The van der Waals surface area contributed by atoms with Gasteiger partial charge in [0.25, 0.3) is 0 Å². The first kappa shape index (κ1) is 24.5.